The number of carbonyl (C=O) groups is 2. The van der Waals surface area contributed by atoms with Crippen molar-refractivity contribution in [2.75, 3.05) is 5.32 Å². The number of pyridine rings is 1. The lowest BCUT2D eigenvalue weighted by atomic mass is 10.2. The molecule has 1 saturated heterocycles. The lowest BCUT2D eigenvalue weighted by Gasteiger charge is -2.10. The molecule has 0 saturated carbocycles. The van der Waals surface area contributed by atoms with Gasteiger partial charge in [-0.15, -0.1) is 0 Å². The molecule has 1 aliphatic rings. The molecule has 1 aliphatic heterocycles. The SMILES string of the molecule is Cc1nc(NC(=O)C2CCC(=O)N2)ccc1Br. The Hall–Kier alpha value is -1.43. The number of aromatic nitrogens is 1. The zero-order valence-corrected chi connectivity index (χ0v) is 10.9. The fourth-order valence-corrected chi connectivity index (χ4v) is 1.86. The second kappa shape index (κ2) is 4.83. The maximum absolute atomic E-state index is 11.8. The number of nitrogens with zero attached hydrogens (tertiary/aromatic N) is 1. The van der Waals surface area contributed by atoms with Crippen LogP contribution in [0.4, 0.5) is 5.82 Å². The van der Waals surface area contributed by atoms with E-state index in [-0.39, 0.29) is 11.8 Å². The summed E-state index contributed by atoms with van der Waals surface area (Å²) in [7, 11) is 0. The van der Waals surface area contributed by atoms with Crippen molar-refractivity contribution in [2.45, 2.75) is 25.8 Å². The highest BCUT2D eigenvalue weighted by Crippen LogP contribution is 2.17. The van der Waals surface area contributed by atoms with Crippen molar-refractivity contribution in [1.29, 1.82) is 0 Å². The predicted octanol–water partition coefficient (Wildman–Crippen LogP) is 1.37. The first-order valence-electron chi connectivity index (χ1n) is 5.29. The number of amides is 2. The molecule has 1 unspecified atom stereocenters. The molecule has 17 heavy (non-hydrogen) atoms. The highest BCUT2D eigenvalue weighted by Gasteiger charge is 2.27. The third-order valence-electron chi connectivity index (χ3n) is 2.58. The lowest BCUT2D eigenvalue weighted by Crippen LogP contribution is -2.37. The number of hydrogen-bond donors (Lipinski definition) is 2. The highest BCUT2D eigenvalue weighted by atomic mass is 79.9. The Labute approximate surface area is 107 Å². The fraction of sp³-hybridized carbons (Fsp3) is 0.364. The van der Waals surface area contributed by atoms with Crippen molar-refractivity contribution in [2.24, 2.45) is 0 Å². The third-order valence-corrected chi connectivity index (χ3v) is 3.42. The maximum atomic E-state index is 11.8. The van der Waals surface area contributed by atoms with E-state index < -0.39 is 6.04 Å². The smallest absolute Gasteiger partial charge is 0.248 e. The molecule has 0 bridgehead atoms. The summed E-state index contributed by atoms with van der Waals surface area (Å²) >= 11 is 3.34. The van der Waals surface area contributed by atoms with Gasteiger partial charge in [0.25, 0.3) is 0 Å². The normalized spacial score (nSPS) is 18.9. The molecule has 0 radical (unpaired) electrons. The quantitative estimate of drug-likeness (QED) is 0.866. The molecule has 90 valence electrons. The van der Waals surface area contributed by atoms with Gasteiger partial charge in [-0.1, -0.05) is 0 Å². The molecule has 0 spiro atoms. The monoisotopic (exact) mass is 297 g/mol. The molecule has 6 heteroatoms. The van der Waals surface area contributed by atoms with Gasteiger partial charge in [0.05, 0.1) is 5.69 Å². The molecular formula is C11H12BrN3O2. The minimum absolute atomic E-state index is 0.0786. The van der Waals surface area contributed by atoms with Gasteiger partial charge in [0.15, 0.2) is 0 Å². The minimum atomic E-state index is -0.437. The van der Waals surface area contributed by atoms with Crippen LogP contribution in [0.15, 0.2) is 16.6 Å². The number of rotatable bonds is 2. The number of nitrogens with one attached hydrogen (secondary N) is 2. The Morgan fingerprint density at radius 2 is 2.35 bits per heavy atom. The van der Waals surface area contributed by atoms with Crippen LogP contribution in [0, 0.1) is 6.92 Å². The summed E-state index contributed by atoms with van der Waals surface area (Å²) in [4.78, 5) is 27.0. The zero-order chi connectivity index (χ0) is 12.4. The summed E-state index contributed by atoms with van der Waals surface area (Å²) < 4.78 is 0.893. The van der Waals surface area contributed by atoms with Crippen LogP contribution in [0.3, 0.4) is 0 Å². The van der Waals surface area contributed by atoms with E-state index in [1.165, 1.54) is 0 Å². The summed E-state index contributed by atoms with van der Waals surface area (Å²) in [6.07, 6.45) is 0.949. The second-order valence-electron chi connectivity index (χ2n) is 3.91. The van der Waals surface area contributed by atoms with Crippen LogP contribution in [0.1, 0.15) is 18.5 Å². The number of anilines is 1. The Kier molecular flexibility index (Phi) is 3.42. The van der Waals surface area contributed by atoms with Crippen LogP contribution < -0.4 is 10.6 Å². The van der Waals surface area contributed by atoms with Crippen molar-refractivity contribution < 1.29 is 9.59 Å². The number of hydrogen-bond acceptors (Lipinski definition) is 3. The molecule has 2 N–H and O–H groups in total. The van der Waals surface area contributed by atoms with Crippen LogP contribution in [-0.2, 0) is 9.59 Å². The fourth-order valence-electron chi connectivity index (χ4n) is 1.64. The van der Waals surface area contributed by atoms with Crippen LogP contribution in [0.5, 0.6) is 0 Å². The van der Waals surface area contributed by atoms with E-state index in [2.05, 4.69) is 31.5 Å². The van der Waals surface area contributed by atoms with Crippen LogP contribution in [-0.4, -0.2) is 22.8 Å². The van der Waals surface area contributed by atoms with Crippen molar-refractivity contribution >= 4 is 33.6 Å². The van der Waals surface area contributed by atoms with Crippen LogP contribution in [0.2, 0.25) is 0 Å². The summed E-state index contributed by atoms with van der Waals surface area (Å²) in [5, 5.41) is 5.30. The first kappa shape index (κ1) is 12.0. The second-order valence-corrected chi connectivity index (χ2v) is 4.77. The van der Waals surface area contributed by atoms with Crippen molar-refractivity contribution in [3.05, 3.63) is 22.3 Å². The molecule has 1 atom stereocenters. The molecule has 0 aromatic carbocycles. The molecule has 0 aliphatic carbocycles. The first-order valence-corrected chi connectivity index (χ1v) is 6.09. The molecule has 2 rings (SSSR count). The van der Waals surface area contributed by atoms with Crippen LogP contribution in [0.25, 0.3) is 0 Å². The first-order chi connectivity index (χ1) is 8.06. The van der Waals surface area contributed by atoms with Gasteiger partial charge in [0, 0.05) is 10.9 Å². The Morgan fingerprint density at radius 1 is 1.59 bits per heavy atom. The number of aryl methyl sites for hydroxylation is 1. The zero-order valence-electron chi connectivity index (χ0n) is 9.29. The number of halogens is 1. The molecule has 1 aromatic rings. The summed E-state index contributed by atoms with van der Waals surface area (Å²) in [6.45, 7) is 1.84. The van der Waals surface area contributed by atoms with Gasteiger partial charge >= 0.3 is 0 Å². The molecule has 5 nitrogen and oxygen atoms in total. The van der Waals surface area contributed by atoms with E-state index >= 15 is 0 Å². The standard InChI is InChI=1S/C11H12BrN3O2/c1-6-7(12)2-4-9(13-6)15-11(17)8-3-5-10(16)14-8/h2,4,8H,3,5H2,1H3,(H,14,16)(H,13,15,17). The average Bonchev–Trinajstić information content (AvgIpc) is 2.70. The largest absolute Gasteiger partial charge is 0.344 e. The van der Waals surface area contributed by atoms with E-state index in [9.17, 15) is 9.59 Å². The Morgan fingerprint density at radius 3 is 2.94 bits per heavy atom. The summed E-state index contributed by atoms with van der Waals surface area (Å²) in [6, 6.07) is 3.10. The van der Waals surface area contributed by atoms with Gasteiger partial charge in [-0.25, -0.2) is 4.98 Å². The van der Waals surface area contributed by atoms with Crippen molar-refractivity contribution in [3.8, 4) is 0 Å². The van der Waals surface area contributed by atoms with Gasteiger partial charge in [0.2, 0.25) is 11.8 Å². The predicted molar refractivity (Wildman–Crippen MR) is 66.5 cm³/mol. The maximum Gasteiger partial charge on any atom is 0.248 e. The van der Waals surface area contributed by atoms with Gasteiger partial charge in [-0.05, 0) is 41.4 Å². The van der Waals surface area contributed by atoms with Crippen molar-refractivity contribution in [3.63, 3.8) is 0 Å². The molecular weight excluding hydrogens is 286 g/mol. The van der Waals surface area contributed by atoms with Gasteiger partial charge in [0.1, 0.15) is 11.9 Å². The van der Waals surface area contributed by atoms with Gasteiger partial charge in [-0.3, -0.25) is 9.59 Å². The van der Waals surface area contributed by atoms with Crippen LogP contribution >= 0.6 is 15.9 Å². The van der Waals surface area contributed by atoms with Crippen molar-refractivity contribution in [1.82, 2.24) is 10.3 Å². The summed E-state index contributed by atoms with van der Waals surface area (Å²) in [5.41, 5.74) is 0.804. The van der Waals surface area contributed by atoms with E-state index in [0.29, 0.717) is 18.7 Å². The summed E-state index contributed by atoms with van der Waals surface area (Å²) in [5.74, 6) is 0.201. The van der Waals surface area contributed by atoms with E-state index in [0.717, 1.165) is 10.2 Å². The highest BCUT2D eigenvalue weighted by molar-refractivity contribution is 9.10. The van der Waals surface area contributed by atoms with Gasteiger partial charge in [-0.2, -0.15) is 0 Å². The molecule has 1 fully saturated rings. The minimum Gasteiger partial charge on any atom is -0.344 e. The average molecular weight is 298 g/mol. The topological polar surface area (TPSA) is 71.1 Å². The Bertz CT molecular complexity index is 476. The number of carbonyl (C=O) groups excluding carboxylic acids is 2. The van der Waals surface area contributed by atoms with E-state index in [1.807, 2.05) is 13.0 Å². The van der Waals surface area contributed by atoms with E-state index in [4.69, 9.17) is 0 Å². The van der Waals surface area contributed by atoms with Gasteiger partial charge < -0.3 is 10.6 Å². The lowest BCUT2D eigenvalue weighted by molar-refractivity contribution is -0.122. The van der Waals surface area contributed by atoms with E-state index in [1.54, 1.807) is 6.07 Å². The molecule has 2 heterocycles. The molecule has 2 amide bonds. The molecule has 1 aromatic heterocycles. The Balaban J connectivity index is 2.03. The third kappa shape index (κ3) is 2.82.